The zero-order valence-corrected chi connectivity index (χ0v) is 17.2. The Labute approximate surface area is 159 Å². The van der Waals surface area contributed by atoms with Crippen molar-refractivity contribution in [1.29, 1.82) is 0 Å². The van der Waals surface area contributed by atoms with Crippen LogP contribution in [0.4, 0.5) is 0 Å². The smallest absolute Gasteiger partial charge is 0.309 e. The highest BCUT2D eigenvalue weighted by molar-refractivity contribution is 7.84. The van der Waals surface area contributed by atoms with Gasteiger partial charge in [-0.15, -0.1) is 0 Å². The van der Waals surface area contributed by atoms with E-state index in [0.717, 1.165) is 51.4 Å². The van der Waals surface area contributed by atoms with E-state index in [4.69, 9.17) is 0 Å². The van der Waals surface area contributed by atoms with E-state index in [0.29, 0.717) is 17.6 Å². The summed E-state index contributed by atoms with van der Waals surface area (Å²) in [6.45, 7) is 4.31. The lowest BCUT2D eigenvalue weighted by atomic mass is 9.35. The van der Waals surface area contributed by atoms with Crippen molar-refractivity contribution in [3.8, 4) is 0 Å². The van der Waals surface area contributed by atoms with Gasteiger partial charge in [0.15, 0.2) is 0 Å². The second kappa shape index (κ2) is 6.04. The largest absolute Gasteiger partial charge is 0.481 e. The Morgan fingerprint density at radius 2 is 1.81 bits per heavy atom. The number of carboxylic acid groups (broad SMARTS) is 1. The molecule has 0 radical (unpaired) electrons. The average molecular weight is 383 g/mol. The van der Waals surface area contributed by atoms with Crippen LogP contribution in [0.25, 0.3) is 0 Å². The Morgan fingerprint density at radius 1 is 1.12 bits per heavy atom. The van der Waals surface area contributed by atoms with Crippen molar-refractivity contribution in [3.05, 3.63) is 0 Å². The molecular weight excluding hydrogens is 348 g/mol. The molecule has 5 saturated carbocycles. The van der Waals surface area contributed by atoms with Gasteiger partial charge in [0.25, 0.3) is 0 Å². The van der Waals surface area contributed by atoms with Gasteiger partial charge in [0.05, 0.1) is 11.5 Å². The summed E-state index contributed by atoms with van der Waals surface area (Å²) in [5.41, 5.74) is -0.680. The highest BCUT2D eigenvalue weighted by atomic mass is 32.2. The third-order valence-corrected chi connectivity index (χ3v) is 10.3. The van der Waals surface area contributed by atoms with E-state index in [2.05, 4.69) is 6.92 Å². The van der Waals surface area contributed by atoms with Crippen molar-refractivity contribution in [3.63, 3.8) is 0 Å². The Balaban J connectivity index is 1.71. The molecule has 0 heterocycles. The van der Waals surface area contributed by atoms with Crippen LogP contribution in [0, 0.1) is 39.9 Å². The van der Waals surface area contributed by atoms with Crippen molar-refractivity contribution in [2.24, 2.45) is 39.9 Å². The summed E-state index contributed by atoms with van der Waals surface area (Å²) in [6.07, 6.45) is 9.42. The number of aliphatic carboxylic acids is 1. The Morgan fingerprint density at radius 3 is 2.46 bits per heavy atom. The van der Waals surface area contributed by atoms with E-state index < -0.39 is 22.2 Å². The molecule has 5 aliphatic rings. The monoisotopic (exact) mass is 382 g/mol. The Kier molecular flexibility index (Phi) is 4.39. The minimum absolute atomic E-state index is 0.0135. The van der Waals surface area contributed by atoms with Crippen LogP contribution >= 0.6 is 0 Å². The van der Waals surface area contributed by atoms with Gasteiger partial charge in [-0.1, -0.05) is 13.3 Å². The third kappa shape index (κ3) is 2.35. The molecule has 5 fully saturated rings. The molecule has 5 rings (SSSR count). The summed E-state index contributed by atoms with van der Waals surface area (Å²) in [6, 6.07) is 0. The third-order valence-electron chi connectivity index (χ3n) is 9.40. The first-order valence-electron chi connectivity index (χ1n) is 10.4. The SMILES string of the molecule is CS(=O)C[C@H]1[C@@H]2CC[C@@]3(CC[C@H]4[C@@](C)(CCC[C@@]4(C)C(=O)O)[C@@H]3C2)[C@H]1O. The molecule has 1 unspecified atom stereocenters. The van der Waals surface area contributed by atoms with Gasteiger partial charge in [0.1, 0.15) is 0 Å². The van der Waals surface area contributed by atoms with Crippen LogP contribution in [0.1, 0.15) is 65.2 Å². The van der Waals surface area contributed by atoms with E-state index in [1.54, 1.807) is 6.26 Å². The molecule has 26 heavy (non-hydrogen) atoms. The van der Waals surface area contributed by atoms with Gasteiger partial charge in [-0.25, -0.2) is 0 Å². The topological polar surface area (TPSA) is 74.6 Å². The van der Waals surface area contributed by atoms with Crippen LogP contribution in [0.15, 0.2) is 0 Å². The van der Waals surface area contributed by atoms with E-state index in [1.165, 1.54) is 0 Å². The number of rotatable bonds is 3. The van der Waals surface area contributed by atoms with Crippen LogP contribution in [-0.2, 0) is 15.6 Å². The van der Waals surface area contributed by atoms with Crippen molar-refractivity contribution in [2.45, 2.75) is 71.3 Å². The molecule has 5 heteroatoms. The van der Waals surface area contributed by atoms with Gasteiger partial charge in [0.2, 0.25) is 0 Å². The van der Waals surface area contributed by atoms with Gasteiger partial charge in [-0.2, -0.15) is 0 Å². The molecule has 5 aliphatic carbocycles. The van der Waals surface area contributed by atoms with Crippen molar-refractivity contribution in [2.75, 3.05) is 12.0 Å². The van der Waals surface area contributed by atoms with E-state index in [-0.39, 0.29) is 28.8 Å². The molecule has 1 spiro atoms. The predicted molar refractivity (Wildman–Crippen MR) is 102 cm³/mol. The van der Waals surface area contributed by atoms with Gasteiger partial charge in [0, 0.05) is 22.8 Å². The average Bonchev–Trinajstić information content (AvgIpc) is 2.57. The summed E-state index contributed by atoms with van der Waals surface area (Å²) in [5.74, 6) is 1.23. The van der Waals surface area contributed by atoms with Gasteiger partial charge < -0.3 is 10.2 Å². The lowest BCUT2D eigenvalue weighted by Crippen LogP contribution is -2.67. The minimum atomic E-state index is -0.876. The fraction of sp³-hybridized carbons (Fsp3) is 0.952. The standard InChI is InChI=1S/C21H34O4S/c1-19-7-4-8-20(2,18(23)24)15(19)6-10-21-9-5-13(11-16(19)21)14(17(21)22)12-26(3)25/h13-17,22H,4-12H2,1-3H3,(H,23,24)/t13-,14+,15+,16+,17+,19-,20-,21+,26?/m1/s1. The Hall–Kier alpha value is -0.420. The predicted octanol–water partition coefficient (Wildman–Crippen LogP) is 3.45. The fourth-order valence-electron chi connectivity index (χ4n) is 8.23. The maximum absolute atomic E-state index is 12.1. The molecular formula is C21H34O4S. The molecule has 148 valence electrons. The number of fused-ring (bicyclic) bond motifs is 3. The first kappa shape index (κ1) is 18.9. The number of aliphatic hydroxyl groups excluding tert-OH is 1. The van der Waals surface area contributed by atoms with Crippen molar-refractivity contribution >= 4 is 16.8 Å². The second-order valence-corrected chi connectivity index (χ2v) is 11.8. The zero-order valence-electron chi connectivity index (χ0n) is 16.4. The van der Waals surface area contributed by atoms with Gasteiger partial charge in [-0.05, 0) is 86.4 Å². The van der Waals surface area contributed by atoms with Crippen LogP contribution < -0.4 is 0 Å². The molecule has 4 nitrogen and oxygen atoms in total. The summed E-state index contributed by atoms with van der Waals surface area (Å²) >= 11 is 0. The summed E-state index contributed by atoms with van der Waals surface area (Å²) < 4.78 is 11.9. The number of hydrogen-bond acceptors (Lipinski definition) is 3. The molecule has 0 aromatic carbocycles. The number of carboxylic acids is 1. The first-order valence-corrected chi connectivity index (χ1v) is 12.1. The lowest BCUT2D eigenvalue weighted by molar-refractivity contribution is -0.241. The normalized spacial score (nSPS) is 54.2. The summed E-state index contributed by atoms with van der Waals surface area (Å²) in [5, 5.41) is 21.4. The Bertz CT molecular complexity index is 636. The van der Waals surface area contributed by atoms with Crippen LogP contribution in [0.5, 0.6) is 0 Å². The summed E-state index contributed by atoms with van der Waals surface area (Å²) in [4.78, 5) is 12.1. The molecule has 0 aromatic rings. The second-order valence-electron chi connectivity index (χ2n) is 10.3. The highest BCUT2D eigenvalue weighted by Crippen LogP contribution is 2.72. The van der Waals surface area contributed by atoms with Crippen LogP contribution in [0.3, 0.4) is 0 Å². The zero-order chi connectivity index (χ0) is 18.9. The first-order chi connectivity index (χ1) is 12.1. The maximum atomic E-state index is 12.1. The number of hydrogen-bond donors (Lipinski definition) is 2. The molecule has 2 bridgehead atoms. The maximum Gasteiger partial charge on any atom is 0.309 e. The van der Waals surface area contributed by atoms with E-state index in [9.17, 15) is 19.2 Å². The van der Waals surface area contributed by atoms with Crippen LogP contribution in [-0.4, -0.2) is 38.5 Å². The molecule has 9 atom stereocenters. The molecule has 2 N–H and O–H groups in total. The number of carbonyl (C=O) groups is 1. The molecule has 0 saturated heterocycles. The summed E-state index contributed by atoms with van der Waals surface area (Å²) in [7, 11) is -0.876. The number of aliphatic hydroxyl groups is 1. The lowest BCUT2D eigenvalue weighted by Gasteiger charge is -2.69. The van der Waals surface area contributed by atoms with Crippen molar-refractivity contribution in [1.82, 2.24) is 0 Å². The van der Waals surface area contributed by atoms with Gasteiger partial charge in [-0.3, -0.25) is 9.00 Å². The van der Waals surface area contributed by atoms with Crippen molar-refractivity contribution < 1.29 is 19.2 Å². The highest BCUT2D eigenvalue weighted by Gasteiger charge is 2.68. The molecule has 0 aliphatic heterocycles. The molecule has 0 amide bonds. The van der Waals surface area contributed by atoms with E-state index >= 15 is 0 Å². The van der Waals surface area contributed by atoms with Crippen LogP contribution in [0.2, 0.25) is 0 Å². The quantitative estimate of drug-likeness (QED) is 0.784. The van der Waals surface area contributed by atoms with E-state index in [1.807, 2.05) is 6.92 Å². The van der Waals surface area contributed by atoms with Gasteiger partial charge >= 0.3 is 5.97 Å². The molecule has 0 aromatic heterocycles. The fourth-order valence-corrected chi connectivity index (χ4v) is 9.23. The minimum Gasteiger partial charge on any atom is -0.481 e.